The van der Waals surface area contributed by atoms with Gasteiger partial charge < -0.3 is 20.7 Å². The van der Waals surface area contributed by atoms with Gasteiger partial charge >= 0.3 is 0 Å². The molecule has 0 bridgehead atoms. The molecule has 0 heterocycles. The number of methoxy groups -OCH3 is 1. The number of likely N-dealkylation sites (N-methyl/N-ethyl adjacent to an activating group) is 1. The molecular weight excluding hydrogens is 230 g/mol. The molecule has 18 heavy (non-hydrogen) atoms. The highest BCUT2D eigenvalue weighted by Gasteiger charge is 2.12. The van der Waals surface area contributed by atoms with Gasteiger partial charge in [0.25, 0.3) is 5.91 Å². The lowest BCUT2D eigenvalue weighted by Crippen LogP contribution is -2.38. The van der Waals surface area contributed by atoms with Crippen LogP contribution in [0.5, 0.6) is 5.75 Å². The van der Waals surface area contributed by atoms with Crippen LogP contribution in [0.4, 0.5) is 5.69 Å². The Labute approximate surface area is 108 Å². The maximum Gasteiger partial charge on any atom is 0.253 e. The van der Waals surface area contributed by atoms with Gasteiger partial charge in [-0.3, -0.25) is 4.79 Å². The van der Waals surface area contributed by atoms with Crippen molar-refractivity contribution in [2.45, 2.75) is 13.0 Å². The minimum absolute atomic E-state index is 0.180. The number of ether oxygens (including phenoxy) is 1. The van der Waals surface area contributed by atoms with E-state index in [4.69, 9.17) is 10.5 Å². The number of hydrogen-bond acceptors (Lipinski definition) is 4. The third-order valence-corrected chi connectivity index (χ3v) is 2.94. The van der Waals surface area contributed by atoms with Gasteiger partial charge in [-0.2, -0.15) is 0 Å². The van der Waals surface area contributed by atoms with Gasteiger partial charge in [-0.05, 0) is 39.2 Å². The van der Waals surface area contributed by atoms with Gasteiger partial charge in [0.05, 0.1) is 12.7 Å². The predicted molar refractivity (Wildman–Crippen MR) is 72.9 cm³/mol. The maximum absolute atomic E-state index is 12.0. The third kappa shape index (κ3) is 3.63. The molecular formula is C13H21N3O2. The van der Waals surface area contributed by atoms with Crippen LogP contribution in [0.2, 0.25) is 0 Å². The molecule has 1 unspecified atom stereocenters. The highest BCUT2D eigenvalue weighted by molar-refractivity contribution is 5.99. The normalized spacial score (nSPS) is 12.3. The summed E-state index contributed by atoms with van der Waals surface area (Å²) in [6, 6.07) is 5.31. The Balaban J connectivity index is 2.72. The summed E-state index contributed by atoms with van der Waals surface area (Å²) in [5.41, 5.74) is 6.68. The first-order chi connectivity index (χ1) is 8.45. The van der Waals surface area contributed by atoms with E-state index in [1.54, 1.807) is 25.3 Å². The predicted octanol–water partition coefficient (Wildman–Crippen LogP) is 0.957. The second kappa shape index (κ2) is 6.26. The van der Waals surface area contributed by atoms with E-state index in [1.165, 1.54) is 0 Å². The molecule has 0 spiro atoms. The molecule has 100 valence electrons. The molecule has 5 heteroatoms. The standard InChI is InChI=1S/C13H21N3O2/c1-9(16(2)3)8-15-13(17)11-7-10(18-4)5-6-12(11)14/h5-7,9H,8,14H2,1-4H3,(H,15,17). The monoisotopic (exact) mass is 251 g/mol. The molecule has 0 aliphatic heterocycles. The van der Waals surface area contributed by atoms with Crippen LogP contribution in [0.3, 0.4) is 0 Å². The molecule has 0 aromatic heterocycles. The number of amides is 1. The van der Waals surface area contributed by atoms with Gasteiger partial charge in [-0.25, -0.2) is 0 Å². The summed E-state index contributed by atoms with van der Waals surface area (Å²) in [5.74, 6) is 0.440. The van der Waals surface area contributed by atoms with Crippen molar-refractivity contribution in [3.8, 4) is 5.75 Å². The minimum atomic E-state index is -0.180. The quantitative estimate of drug-likeness (QED) is 0.765. The van der Waals surface area contributed by atoms with Gasteiger partial charge in [-0.1, -0.05) is 0 Å². The fourth-order valence-corrected chi connectivity index (χ4v) is 1.38. The molecule has 1 atom stereocenters. The first kappa shape index (κ1) is 14.3. The van der Waals surface area contributed by atoms with E-state index in [-0.39, 0.29) is 11.9 Å². The van der Waals surface area contributed by atoms with Crippen LogP contribution >= 0.6 is 0 Å². The van der Waals surface area contributed by atoms with Crippen molar-refractivity contribution in [3.05, 3.63) is 23.8 Å². The first-order valence-electron chi connectivity index (χ1n) is 5.83. The zero-order valence-corrected chi connectivity index (χ0v) is 11.4. The van der Waals surface area contributed by atoms with Crippen molar-refractivity contribution in [2.75, 3.05) is 33.5 Å². The highest BCUT2D eigenvalue weighted by Crippen LogP contribution is 2.19. The Bertz CT molecular complexity index is 419. The number of carbonyl (C=O) groups is 1. The Kier molecular flexibility index (Phi) is 4.97. The number of carbonyl (C=O) groups excluding carboxylic acids is 1. The summed E-state index contributed by atoms with van der Waals surface area (Å²) in [6.45, 7) is 2.61. The highest BCUT2D eigenvalue weighted by atomic mass is 16.5. The Morgan fingerprint density at radius 3 is 2.72 bits per heavy atom. The van der Waals surface area contributed by atoms with Gasteiger partial charge in [0, 0.05) is 18.3 Å². The van der Waals surface area contributed by atoms with Gasteiger partial charge in [0.2, 0.25) is 0 Å². The van der Waals surface area contributed by atoms with Crippen LogP contribution in [0.15, 0.2) is 18.2 Å². The zero-order valence-electron chi connectivity index (χ0n) is 11.4. The molecule has 3 N–H and O–H groups in total. The molecule has 1 amide bonds. The summed E-state index contributed by atoms with van der Waals surface area (Å²) in [7, 11) is 5.49. The van der Waals surface area contributed by atoms with Crippen molar-refractivity contribution >= 4 is 11.6 Å². The molecule has 5 nitrogen and oxygen atoms in total. The number of nitrogen functional groups attached to an aromatic ring is 1. The zero-order chi connectivity index (χ0) is 13.7. The molecule has 0 saturated carbocycles. The van der Waals surface area contributed by atoms with Crippen molar-refractivity contribution in [2.24, 2.45) is 0 Å². The second-order valence-electron chi connectivity index (χ2n) is 4.48. The molecule has 0 fully saturated rings. The fraction of sp³-hybridized carbons (Fsp3) is 0.462. The smallest absolute Gasteiger partial charge is 0.253 e. The number of rotatable bonds is 5. The second-order valence-corrected chi connectivity index (χ2v) is 4.48. The van der Waals surface area contributed by atoms with Gasteiger partial charge in [0.15, 0.2) is 0 Å². The Morgan fingerprint density at radius 1 is 1.50 bits per heavy atom. The Morgan fingerprint density at radius 2 is 2.17 bits per heavy atom. The number of nitrogens with one attached hydrogen (secondary N) is 1. The number of benzene rings is 1. The molecule has 1 aromatic carbocycles. The molecule has 1 aromatic rings. The lowest BCUT2D eigenvalue weighted by molar-refractivity contribution is 0.0944. The number of nitrogens with two attached hydrogens (primary N) is 1. The van der Waals surface area contributed by atoms with E-state index in [0.717, 1.165) is 0 Å². The van der Waals surface area contributed by atoms with E-state index in [2.05, 4.69) is 5.32 Å². The largest absolute Gasteiger partial charge is 0.497 e. The average Bonchev–Trinajstić information content (AvgIpc) is 2.35. The van der Waals surface area contributed by atoms with E-state index in [1.807, 2.05) is 25.9 Å². The van der Waals surface area contributed by atoms with E-state index in [9.17, 15) is 4.79 Å². The lowest BCUT2D eigenvalue weighted by Gasteiger charge is -2.20. The topological polar surface area (TPSA) is 67.6 Å². The summed E-state index contributed by atoms with van der Waals surface area (Å²) in [4.78, 5) is 14.0. The molecule has 0 saturated heterocycles. The number of hydrogen-bond donors (Lipinski definition) is 2. The summed E-state index contributed by atoms with van der Waals surface area (Å²) in [5, 5.41) is 2.86. The van der Waals surface area contributed by atoms with Crippen LogP contribution in [0.25, 0.3) is 0 Å². The van der Waals surface area contributed by atoms with E-state index >= 15 is 0 Å². The molecule has 0 radical (unpaired) electrons. The van der Waals surface area contributed by atoms with Crippen molar-refractivity contribution < 1.29 is 9.53 Å². The number of nitrogens with zero attached hydrogens (tertiary/aromatic N) is 1. The third-order valence-electron chi connectivity index (χ3n) is 2.94. The van der Waals surface area contributed by atoms with Crippen LogP contribution in [0.1, 0.15) is 17.3 Å². The first-order valence-corrected chi connectivity index (χ1v) is 5.83. The van der Waals surface area contributed by atoms with Crippen LogP contribution in [-0.2, 0) is 0 Å². The Hall–Kier alpha value is -1.75. The van der Waals surface area contributed by atoms with Gasteiger partial charge in [0.1, 0.15) is 5.75 Å². The van der Waals surface area contributed by atoms with Crippen molar-refractivity contribution in [1.29, 1.82) is 0 Å². The summed E-state index contributed by atoms with van der Waals surface area (Å²) in [6.07, 6.45) is 0. The summed E-state index contributed by atoms with van der Waals surface area (Å²) < 4.78 is 5.08. The van der Waals surface area contributed by atoms with Gasteiger partial charge in [-0.15, -0.1) is 0 Å². The van der Waals surface area contributed by atoms with Crippen LogP contribution < -0.4 is 15.8 Å². The van der Waals surface area contributed by atoms with Crippen LogP contribution in [0, 0.1) is 0 Å². The summed E-state index contributed by atoms with van der Waals surface area (Å²) >= 11 is 0. The molecule has 0 aliphatic rings. The molecule has 1 rings (SSSR count). The number of anilines is 1. The van der Waals surface area contributed by atoms with Crippen molar-refractivity contribution in [3.63, 3.8) is 0 Å². The van der Waals surface area contributed by atoms with E-state index in [0.29, 0.717) is 23.5 Å². The lowest BCUT2D eigenvalue weighted by atomic mass is 10.1. The SMILES string of the molecule is COc1ccc(N)c(C(=O)NCC(C)N(C)C)c1. The van der Waals surface area contributed by atoms with Crippen molar-refractivity contribution in [1.82, 2.24) is 10.2 Å². The minimum Gasteiger partial charge on any atom is -0.497 e. The average molecular weight is 251 g/mol. The maximum atomic E-state index is 12.0. The van der Waals surface area contributed by atoms with E-state index < -0.39 is 0 Å². The molecule has 0 aliphatic carbocycles. The van der Waals surface area contributed by atoms with Crippen LogP contribution in [-0.4, -0.2) is 44.6 Å². The fourth-order valence-electron chi connectivity index (χ4n) is 1.38.